The summed E-state index contributed by atoms with van der Waals surface area (Å²) < 4.78 is 5.47. The van der Waals surface area contributed by atoms with Gasteiger partial charge in [0, 0.05) is 12.6 Å². The highest BCUT2D eigenvalue weighted by atomic mass is 16.5. The van der Waals surface area contributed by atoms with Crippen molar-refractivity contribution >= 4 is 0 Å². The number of nitrogens with one attached hydrogen (secondary N) is 1. The van der Waals surface area contributed by atoms with Gasteiger partial charge in [-0.05, 0) is 11.1 Å². The van der Waals surface area contributed by atoms with Crippen molar-refractivity contribution in [3.05, 3.63) is 48.0 Å². The Labute approximate surface area is 98.3 Å². The smallest absolute Gasteiger partial charge is 0.0724 e. The maximum absolute atomic E-state index is 5.47. The third-order valence-electron chi connectivity index (χ3n) is 2.31. The summed E-state index contributed by atoms with van der Waals surface area (Å²) in [6.07, 6.45) is 1.77. The van der Waals surface area contributed by atoms with Gasteiger partial charge in [0.2, 0.25) is 0 Å². The lowest BCUT2D eigenvalue weighted by molar-refractivity contribution is 0.148. The summed E-state index contributed by atoms with van der Waals surface area (Å²) in [6, 6.07) is 8.87. The number of rotatable bonds is 7. The van der Waals surface area contributed by atoms with Crippen molar-refractivity contribution in [3.63, 3.8) is 0 Å². The zero-order valence-corrected chi connectivity index (χ0v) is 10.2. The molecule has 2 heteroatoms. The molecule has 0 spiro atoms. The minimum Gasteiger partial charge on any atom is -0.373 e. The van der Waals surface area contributed by atoms with Crippen molar-refractivity contribution in [1.29, 1.82) is 0 Å². The van der Waals surface area contributed by atoms with Gasteiger partial charge in [-0.25, -0.2) is 0 Å². The molecule has 88 valence electrons. The third kappa shape index (κ3) is 4.60. The maximum atomic E-state index is 5.47. The molecule has 0 aliphatic heterocycles. The van der Waals surface area contributed by atoms with E-state index in [1.807, 2.05) is 6.07 Å². The van der Waals surface area contributed by atoms with Gasteiger partial charge >= 0.3 is 0 Å². The number of ether oxygens (including phenoxy) is 1. The average molecular weight is 219 g/mol. The Morgan fingerprint density at radius 1 is 1.31 bits per heavy atom. The number of hydrogen-bond donors (Lipinski definition) is 1. The topological polar surface area (TPSA) is 21.3 Å². The molecule has 0 unspecified atom stereocenters. The van der Waals surface area contributed by atoms with E-state index < -0.39 is 0 Å². The van der Waals surface area contributed by atoms with Crippen LogP contribution < -0.4 is 5.32 Å². The van der Waals surface area contributed by atoms with Gasteiger partial charge in [-0.15, -0.1) is 6.58 Å². The summed E-state index contributed by atoms with van der Waals surface area (Å²) in [6.45, 7) is 10.1. The fraction of sp³-hybridized carbons (Fsp3) is 0.429. The molecule has 2 nitrogen and oxygen atoms in total. The van der Waals surface area contributed by atoms with Crippen LogP contribution in [0.15, 0.2) is 36.9 Å². The Hall–Kier alpha value is -1.12. The molecule has 0 saturated heterocycles. The molecule has 16 heavy (non-hydrogen) atoms. The minimum absolute atomic E-state index is 0.502. The normalized spacial score (nSPS) is 10.7. The standard InChI is InChI=1S/C14H21NO/c1-4-9-16-11-14-8-6-5-7-13(14)10-15-12(2)3/h4-8,12,15H,1,9-11H2,2-3H3. The van der Waals surface area contributed by atoms with E-state index in [1.54, 1.807) is 6.08 Å². The summed E-state index contributed by atoms with van der Waals surface area (Å²) in [7, 11) is 0. The fourth-order valence-corrected chi connectivity index (χ4v) is 1.44. The van der Waals surface area contributed by atoms with Crippen LogP contribution in [0.4, 0.5) is 0 Å². The lowest BCUT2D eigenvalue weighted by Crippen LogP contribution is -2.22. The highest BCUT2D eigenvalue weighted by Crippen LogP contribution is 2.10. The molecule has 1 aromatic rings. The first kappa shape index (κ1) is 12.9. The van der Waals surface area contributed by atoms with Crippen LogP contribution in [-0.2, 0) is 17.9 Å². The molecular formula is C14H21NO. The van der Waals surface area contributed by atoms with Gasteiger partial charge in [-0.2, -0.15) is 0 Å². The predicted octanol–water partition coefficient (Wildman–Crippen LogP) is 2.89. The van der Waals surface area contributed by atoms with Crippen LogP contribution in [0.5, 0.6) is 0 Å². The second-order valence-corrected chi connectivity index (χ2v) is 4.11. The molecule has 0 radical (unpaired) electrons. The van der Waals surface area contributed by atoms with Crippen molar-refractivity contribution in [2.45, 2.75) is 33.0 Å². The highest BCUT2D eigenvalue weighted by Gasteiger charge is 2.02. The quantitative estimate of drug-likeness (QED) is 0.562. The monoisotopic (exact) mass is 219 g/mol. The second kappa shape index (κ2) is 7.20. The van der Waals surface area contributed by atoms with Gasteiger partial charge in [0.25, 0.3) is 0 Å². The molecule has 0 bridgehead atoms. The molecule has 0 fully saturated rings. The molecule has 0 saturated carbocycles. The zero-order chi connectivity index (χ0) is 11.8. The fourth-order valence-electron chi connectivity index (χ4n) is 1.44. The first-order valence-electron chi connectivity index (χ1n) is 5.73. The molecule has 0 atom stereocenters. The molecule has 0 aliphatic carbocycles. The van der Waals surface area contributed by atoms with Gasteiger partial charge < -0.3 is 10.1 Å². The Balaban J connectivity index is 2.56. The second-order valence-electron chi connectivity index (χ2n) is 4.11. The third-order valence-corrected chi connectivity index (χ3v) is 2.31. The Morgan fingerprint density at radius 2 is 2.00 bits per heavy atom. The Bertz CT molecular complexity index is 320. The van der Waals surface area contributed by atoms with E-state index in [9.17, 15) is 0 Å². The van der Waals surface area contributed by atoms with Gasteiger partial charge in [-0.1, -0.05) is 44.2 Å². The summed E-state index contributed by atoms with van der Waals surface area (Å²) in [5, 5.41) is 3.42. The van der Waals surface area contributed by atoms with E-state index in [1.165, 1.54) is 11.1 Å². The van der Waals surface area contributed by atoms with Crippen molar-refractivity contribution in [1.82, 2.24) is 5.32 Å². The van der Waals surface area contributed by atoms with Crippen LogP contribution in [-0.4, -0.2) is 12.6 Å². The predicted molar refractivity (Wildman–Crippen MR) is 68.3 cm³/mol. The summed E-state index contributed by atoms with van der Waals surface area (Å²) in [5.41, 5.74) is 2.55. The van der Waals surface area contributed by atoms with E-state index in [-0.39, 0.29) is 0 Å². The van der Waals surface area contributed by atoms with Gasteiger partial charge in [0.05, 0.1) is 13.2 Å². The molecular weight excluding hydrogens is 198 g/mol. The maximum Gasteiger partial charge on any atom is 0.0724 e. The molecule has 0 aromatic heterocycles. The van der Waals surface area contributed by atoms with Gasteiger partial charge in [-0.3, -0.25) is 0 Å². The van der Waals surface area contributed by atoms with Crippen LogP contribution >= 0.6 is 0 Å². The van der Waals surface area contributed by atoms with E-state index >= 15 is 0 Å². The van der Waals surface area contributed by atoms with Gasteiger partial charge in [0.1, 0.15) is 0 Å². The van der Waals surface area contributed by atoms with E-state index in [4.69, 9.17) is 4.74 Å². The molecule has 0 aliphatic rings. The Kier molecular flexibility index (Phi) is 5.83. The van der Waals surface area contributed by atoms with Crippen molar-refractivity contribution in [2.75, 3.05) is 6.61 Å². The van der Waals surface area contributed by atoms with Crippen LogP contribution in [0.25, 0.3) is 0 Å². The van der Waals surface area contributed by atoms with Crippen LogP contribution in [0.1, 0.15) is 25.0 Å². The largest absolute Gasteiger partial charge is 0.373 e. The first-order chi connectivity index (χ1) is 7.74. The van der Waals surface area contributed by atoms with Gasteiger partial charge in [0.15, 0.2) is 0 Å². The van der Waals surface area contributed by atoms with Crippen molar-refractivity contribution in [2.24, 2.45) is 0 Å². The summed E-state index contributed by atoms with van der Waals surface area (Å²) in [4.78, 5) is 0. The molecule has 1 rings (SSSR count). The van der Waals surface area contributed by atoms with Crippen LogP contribution in [0.2, 0.25) is 0 Å². The molecule has 1 N–H and O–H groups in total. The SMILES string of the molecule is C=CCOCc1ccccc1CNC(C)C. The molecule has 0 heterocycles. The lowest BCUT2D eigenvalue weighted by Gasteiger charge is -2.12. The Morgan fingerprint density at radius 3 is 2.62 bits per heavy atom. The average Bonchev–Trinajstić information content (AvgIpc) is 2.28. The zero-order valence-electron chi connectivity index (χ0n) is 10.2. The molecule has 0 amide bonds. The van der Waals surface area contributed by atoms with E-state index in [0.29, 0.717) is 19.3 Å². The summed E-state index contributed by atoms with van der Waals surface area (Å²) in [5.74, 6) is 0. The van der Waals surface area contributed by atoms with E-state index in [0.717, 1.165) is 6.54 Å². The van der Waals surface area contributed by atoms with E-state index in [2.05, 4.69) is 43.9 Å². The van der Waals surface area contributed by atoms with Crippen molar-refractivity contribution < 1.29 is 4.74 Å². The number of benzene rings is 1. The minimum atomic E-state index is 0.502. The highest BCUT2D eigenvalue weighted by molar-refractivity contribution is 5.26. The first-order valence-corrected chi connectivity index (χ1v) is 5.73. The number of hydrogen-bond acceptors (Lipinski definition) is 2. The lowest BCUT2D eigenvalue weighted by atomic mass is 10.1. The summed E-state index contributed by atoms with van der Waals surface area (Å²) >= 11 is 0. The molecule has 1 aromatic carbocycles. The van der Waals surface area contributed by atoms with Crippen LogP contribution in [0.3, 0.4) is 0 Å². The van der Waals surface area contributed by atoms with Crippen LogP contribution in [0, 0.1) is 0 Å². The van der Waals surface area contributed by atoms with Crippen molar-refractivity contribution in [3.8, 4) is 0 Å².